The van der Waals surface area contributed by atoms with E-state index in [1.54, 1.807) is 0 Å². The van der Waals surface area contributed by atoms with Gasteiger partial charge in [-0.1, -0.05) is 121 Å². The van der Waals surface area contributed by atoms with Gasteiger partial charge in [-0.2, -0.15) is 0 Å². The van der Waals surface area contributed by atoms with Gasteiger partial charge in [0.05, 0.1) is 28.6 Å². The fourth-order valence-corrected chi connectivity index (χ4v) is 7.38. The first kappa shape index (κ1) is 29.5. The summed E-state index contributed by atoms with van der Waals surface area (Å²) in [7, 11) is 0. The summed E-state index contributed by atoms with van der Waals surface area (Å²) in [5.41, 5.74) is 9.92. The highest BCUT2D eigenvalue weighted by molar-refractivity contribution is 6.19. The van der Waals surface area contributed by atoms with Gasteiger partial charge in [0.25, 0.3) is 0 Å². The number of fused-ring (bicyclic) bond motifs is 6. The summed E-state index contributed by atoms with van der Waals surface area (Å²) in [6.45, 7) is 7.45. The van der Waals surface area contributed by atoms with Crippen LogP contribution in [0.5, 0.6) is 0 Å². The zero-order valence-corrected chi connectivity index (χ0v) is 27.8. The predicted octanol–water partition coefficient (Wildman–Crippen LogP) is 11.6. The Morgan fingerprint density at radius 3 is 1.37 bits per heavy atom. The molecule has 7 aromatic carbocycles. The number of benzene rings is 7. The maximum Gasteiger partial charge on any atom is 0.187 e. The molecule has 0 fully saturated rings. The van der Waals surface area contributed by atoms with Gasteiger partial charge >= 0.3 is 0 Å². The standard InChI is InChI=1S/C46H28N6/c1-47-33-23-25-34(26-24-33)51-40-21-10-8-19-36(40)38-29-43-39(28-42(38)51)37-20-9-11-22-41(37)52(43)35-18-12-17-32(27-35)46-49-44(30-13-4-2-5-14-30)48-45(50-46)31-15-6-3-7-16-31/h2-29H. The van der Waals surface area contributed by atoms with Crippen molar-refractivity contribution in [2.75, 3.05) is 0 Å². The lowest BCUT2D eigenvalue weighted by atomic mass is 10.1. The van der Waals surface area contributed by atoms with Crippen molar-refractivity contribution in [1.29, 1.82) is 0 Å². The van der Waals surface area contributed by atoms with Crippen LogP contribution in [-0.2, 0) is 0 Å². The molecule has 0 bridgehead atoms. The molecule has 10 aromatic rings. The molecule has 6 heteroatoms. The van der Waals surface area contributed by atoms with Gasteiger partial charge < -0.3 is 9.13 Å². The lowest BCUT2D eigenvalue weighted by molar-refractivity contribution is 1.07. The molecule has 0 spiro atoms. The van der Waals surface area contributed by atoms with E-state index in [0.717, 1.165) is 60.9 Å². The molecular formula is C46H28N6. The van der Waals surface area contributed by atoms with Crippen LogP contribution in [0.2, 0.25) is 0 Å². The number of rotatable bonds is 5. The van der Waals surface area contributed by atoms with Crippen molar-refractivity contribution in [2.45, 2.75) is 0 Å². The molecule has 0 radical (unpaired) electrons. The molecule has 0 saturated carbocycles. The maximum absolute atomic E-state index is 7.45. The van der Waals surface area contributed by atoms with Crippen molar-refractivity contribution < 1.29 is 0 Å². The fourth-order valence-electron chi connectivity index (χ4n) is 7.38. The number of aromatic nitrogens is 5. The van der Waals surface area contributed by atoms with Crippen LogP contribution in [0, 0.1) is 6.57 Å². The van der Waals surface area contributed by atoms with E-state index < -0.39 is 0 Å². The van der Waals surface area contributed by atoms with Crippen molar-refractivity contribution in [3.63, 3.8) is 0 Å². The fraction of sp³-hybridized carbons (Fsp3) is 0. The van der Waals surface area contributed by atoms with Crippen LogP contribution in [-0.4, -0.2) is 24.1 Å². The van der Waals surface area contributed by atoms with Gasteiger partial charge in [-0.15, -0.1) is 0 Å². The van der Waals surface area contributed by atoms with Crippen molar-refractivity contribution >= 4 is 49.3 Å². The van der Waals surface area contributed by atoms with Crippen LogP contribution in [0.15, 0.2) is 170 Å². The van der Waals surface area contributed by atoms with E-state index in [2.05, 4.69) is 98.9 Å². The number of hydrogen-bond acceptors (Lipinski definition) is 3. The van der Waals surface area contributed by atoms with Crippen molar-refractivity contribution in [3.8, 4) is 45.5 Å². The highest BCUT2D eigenvalue weighted by Crippen LogP contribution is 2.40. The molecule has 0 aliphatic carbocycles. The number of nitrogens with zero attached hydrogens (tertiary/aromatic N) is 6. The van der Waals surface area contributed by atoms with Gasteiger partial charge in [-0.3, -0.25) is 0 Å². The normalized spacial score (nSPS) is 11.4. The first-order valence-corrected chi connectivity index (χ1v) is 17.2. The molecule has 3 aromatic heterocycles. The van der Waals surface area contributed by atoms with Crippen LogP contribution < -0.4 is 0 Å². The third-order valence-corrected chi connectivity index (χ3v) is 9.77. The van der Waals surface area contributed by atoms with Gasteiger partial charge in [0, 0.05) is 49.6 Å². The molecule has 0 N–H and O–H groups in total. The van der Waals surface area contributed by atoms with E-state index in [-0.39, 0.29) is 0 Å². The number of hydrogen-bond donors (Lipinski definition) is 0. The Kier molecular flexibility index (Phi) is 6.76. The Bertz CT molecular complexity index is 2950. The average Bonchev–Trinajstić information content (AvgIpc) is 3.72. The highest BCUT2D eigenvalue weighted by Gasteiger charge is 2.19. The summed E-state index contributed by atoms with van der Waals surface area (Å²) in [6, 6.07) is 58.2. The van der Waals surface area contributed by atoms with Gasteiger partial charge in [0.1, 0.15) is 0 Å². The first-order chi connectivity index (χ1) is 25.7. The minimum Gasteiger partial charge on any atom is -0.309 e. The Labute approximate surface area is 299 Å². The molecule has 242 valence electrons. The highest BCUT2D eigenvalue weighted by atomic mass is 15.0. The molecule has 6 nitrogen and oxygen atoms in total. The zero-order chi connectivity index (χ0) is 34.6. The van der Waals surface area contributed by atoms with E-state index in [1.165, 1.54) is 10.8 Å². The topological polar surface area (TPSA) is 52.9 Å². The lowest BCUT2D eigenvalue weighted by Crippen LogP contribution is -2.01. The third-order valence-electron chi connectivity index (χ3n) is 9.77. The van der Waals surface area contributed by atoms with Crippen molar-refractivity contribution in [1.82, 2.24) is 24.1 Å². The van der Waals surface area contributed by atoms with Crippen molar-refractivity contribution in [2.24, 2.45) is 0 Å². The van der Waals surface area contributed by atoms with Crippen LogP contribution in [0.1, 0.15) is 0 Å². The molecule has 0 unspecified atom stereocenters. The Morgan fingerprint density at radius 2 is 0.827 bits per heavy atom. The third kappa shape index (κ3) is 4.76. The first-order valence-electron chi connectivity index (χ1n) is 17.2. The molecule has 0 aliphatic rings. The van der Waals surface area contributed by atoms with Crippen molar-refractivity contribution in [3.05, 3.63) is 181 Å². The Morgan fingerprint density at radius 1 is 0.365 bits per heavy atom. The van der Waals surface area contributed by atoms with Gasteiger partial charge in [-0.05, 0) is 48.5 Å². The SMILES string of the molecule is [C-]#[N+]c1ccc(-n2c3ccccc3c3cc4c(cc32)c2ccccc2n4-c2cccc(-c3nc(-c4ccccc4)nc(-c4ccccc4)n3)c2)cc1. The summed E-state index contributed by atoms with van der Waals surface area (Å²) in [4.78, 5) is 18.5. The summed E-state index contributed by atoms with van der Waals surface area (Å²) in [5, 5.41) is 4.66. The summed E-state index contributed by atoms with van der Waals surface area (Å²) in [6.07, 6.45) is 0. The average molecular weight is 665 g/mol. The molecular weight excluding hydrogens is 637 g/mol. The van der Waals surface area contributed by atoms with E-state index in [4.69, 9.17) is 21.5 Å². The van der Waals surface area contributed by atoms with Gasteiger partial charge in [-0.25, -0.2) is 19.8 Å². The van der Waals surface area contributed by atoms with E-state index in [1.807, 2.05) is 84.9 Å². The second-order valence-electron chi connectivity index (χ2n) is 12.8. The van der Waals surface area contributed by atoms with Crippen LogP contribution >= 0.6 is 0 Å². The molecule has 0 atom stereocenters. The molecule has 0 amide bonds. The molecule has 0 saturated heterocycles. The van der Waals surface area contributed by atoms with Gasteiger partial charge in [0.2, 0.25) is 0 Å². The van der Waals surface area contributed by atoms with E-state index in [0.29, 0.717) is 23.2 Å². The smallest absolute Gasteiger partial charge is 0.187 e. The lowest BCUT2D eigenvalue weighted by Gasteiger charge is -2.12. The number of para-hydroxylation sites is 2. The monoisotopic (exact) mass is 664 g/mol. The molecule has 3 heterocycles. The summed E-state index contributed by atoms with van der Waals surface area (Å²) < 4.78 is 4.65. The molecule has 52 heavy (non-hydrogen) atoms. The zero-order valence-electron chi connectivity index (χ0n) is 27.8. The summed E-state index contributed by atoms with van der Waals surface area (Å²) in [5.74, 6) is 1.88. The molecule has 10 rings (SSSR count). The second-order valence-corrected chi connectivity index (χ2v) is 12.8. The quantitative estimate of drug-likeness (QED) is 0.172. The Balaban J connectivity index is 1.20. The minimum absolute atomic E-state index is 0.616. The predicted molar refractivity (Wildman–Crippen MR) is 211 cm³/mol. The van der Waals surface area contributed by atoms with E-state index in [9.17, 15) is 0 Å². The van der Waals surface area contributed by atoms with Crippen LogP contribution in [0.4, 0.5) is 5.69 Å². The molecule has 0 aliphatic heterocycles. The van der Waals surface area contributed by atoms with Crippen LogP contribution in [0.3, 0.4) is 0 Å². The largest absolute Gasteiger partial charge is 0.309 e. The summed E-state index contributed by atoms with van der Waals surface area (Å²) >= 11 is 0. The minimum atomic E-state index is 0.616. The maximum atomic E-state index is 7.45. The Hall–Kier alpha value is -7.36. The van der Waals surface area contributed by atoms with Crippen LogP contribution in [0.25, 0.3) is 94.0 Å². The van der Waals surface area contributed by atoms with E-state index >= 15 is 0 Å². The van der Waals surface area contributed by atoms with Gasteiger partial charge in [0.15, 0.2) is 23.2 Å². The second kappa shape index (κ2) is 11.9.